The fourth-order valence-electron chi connectivity index (χ4n) is 1.76. The number of hydrogen-bond donors (Lipinski definition) is 1. The Labute approximate surface area is 99.8 Å². The predicted octanol–water partition coefficient (Wildman–Crippen LogP) is 0.555. The molecule has 5 nitrogen and oxygen atoms in total. The third-order valence-corrected chi connectivity index (χ3v) is 2.67. The molecule has 2 rings (SSSR count). The first-order valence-corrected chi connectivity index (χ1v) is 5.66. The molecule has 0 saturated carbocycles. The largest absolute Gasteiger partial charge is 0.373 e. The molecule has 16 heavy (non-hydrogen) atoms. The lowest BCUT2D eigenvalue weighted by Crippen LogP contribution is -2.46. The van der Waals surface area contributed by atoms with Crippen molar-refractivity contribution in [1.82, 2.24) is 15.3 Å². The van der Waals surface area contributed by atoms with Crippen molar-refractivity contribution in [2.45, 2.75) is 6.10 Å². The minimum atomic E-state index is 0.194. The maximum atomic E-state index is 5.82. The predicted molar refractivity (Wildman–Crippen MR) is 62.9 cm³/mol. The molecule has 0 aliphatic carbocycles. The summed E-state index contributed by atoms with van der Waals surface area (Å²) in [5, 5.41) is 3.53. The van der Waals surface area contributed by atoms with Crippen molar-refractivity contribution in [3.63, 3.8) is 0 Å². The molecule has 88 valence electrons. The van der Waals surface area contributed by atoms with Gasteiger partial charge in [0.15, 0.2) is 0 Å². The monoisotopic (exact) mass is 242 g/mol. The van der Waals surface area contributed by atoms with Crippen LogP contribution in [-0.2, 0) is 4.74 Å². The van der Waals surface area contributed by atoms with Gasteiger partial charge in [0.2, 0.25) is 0 Å². The fourth-order valence-corrected chi connectivity index (χ4v) is 1.91. The van der Waals surface area contributed by atoms with E-state index in [9.17, 15) is 0 Å². The maximum absolute atomic E-state index is 5.82. The summed E-state index contributed by atoms with van der Waals surface area (Å²) in [4.78, 5) is 10.4. The number of likely N-dealkylation sites (N-methyl/N-ethyl adjacent to an activating group) is 1. The van der Waals surface area contributed by atoms with Gasteiger partial charge >= 0.3 is 0 Å². The van der Waals surface area contributed by atoms with E-state index in [0.29, 0.717) is 11.8 Å². The van der Waals surface area contributed by atoms with Gasteiger partial charge in [0, 0.05) is 19.6 Å². The quantitative estimate of drug-likeness (QED) is 0.839. The van der Waals surface area contributed by atoms with E-state index in [4.69, 9.17) is 16.3 Å². The molecule has 0 radical (unpaired) electrons. The van der Waals surface area contributed by atoms with Crippen molar-refractivity contribution in [2.24, 2.45) is 0 Å². The third-order valence-electron chi connectivity index (χ3n) is 2.49. The van der Waals surface area contributed by atoms with Crippen molar-refractivity contribution in [3.05, 3.63) is 17.5 Å². The van der Waals surface area contributed by atoms with Crippen LogP contribution in [-0.4, -0.2) is 49.4 Å². The standard InChI is InChI=1S/C10H15ClN4O/c1-12-4-8-7-15(2-3-16-8)10-6-13-5-9(11)14-10/h5-6,8,12H,2-4,7H2,1H3. The molecule has 1 unspecified atom stereocenters. The number of nitrogens with one attached hydrogen (secondary N) is 1. The van der Waals surface area contributed by atoms with Gasteiger partial charge < -0.3 is 15.0 Å². The number of hydrogen-bond acceptors (Lipinski definition) is 5. The topological polar surface area (TPSA) is 50.3 Å². The van der Waals surface area contributed by atoms with Crippen molar-refractivity contribution < 1.29 is 4.74 Å². The molecule has 1 fully saturated rings. The van der Waals surface area contributed by atoms with Crippen LogP contribution in [0.3, 0.4) is 0 Å². The number of anilines is 1. The maximum Gasteiger partial charge on any atom is 0.149 e. The second kappa shape index (κ2) is 5.43. The number of halogens is 1. The smallest absolute Gasteiger partial charge is 0.149 e. The third kappa shape index (κ3) is 2.81. The number of ether oxygens (including phenoxy) is 1. The molecule has 0 amide bonds. The Morgan fingerprint density at radius 2 is 2.50 bits per heavy atom. The van der Waals surface area contributed by atoms with Crippen LogP contribution in [0.2, 0.25) is 5.15 Å². The van der Waals surface area contributed by atoms with Gasteiger partial charge in [-0.2, -0.15) is 0 Å². The fraction of sp³-hybridized carbons (Fsp3) is 0.600. The highest BCUT2D eigenvalue weighted by Gasteiger charge is 2.21. The Hall–Kier alpha value is -0.910. The molecule has 1 atom stereocenters. The Kier molecular flexibility index (Phi) is 3.93. The van der Waals surface area contributed by atoms with Gasteiger partial charge in [-0.15, -0.1) is 0 Å². The summed E-state index contributed by atoms with van der Waals surface area (Å²) in [6, 6.07) is 0. The zero-order valence-corrected chi connectivity index (χ0v) is 9.94. The van der Waals surface area contributed by atoms with Crippen molar-refractivity contribution >= 4 is 17.4 Å². The van der Waals surface area contributed by atoms with Gasteiger partial charge in [0.1, 0.15) is 11.0 Å². The van der Waals surface area contributed by atoms with Crippen LogP contribution in [0.25, 0.3) is 0 Å². The lowest BCUT2D eigenvalue weighted by molar-refractivity contribution is 0.0419. The molecule has 6 heteroatoms. The molecule has 1 N–H and O–H groups in total. The Balaban J connectivity index is 2.03. The average molecular weight is 243 g/mol. The molecule has 1 aliphatic heterocycles. The van der Waals surface area contributed by atoms with Gasteiger partial charge in [-0.1, -0.05) is 11.6 Å². The van der Waals surface area contributed by atoms with E-state index in [1.807, 2.05) is 7.05 Å². The molecule has 0 spiro atoms. The van der Waals surface area contributed by atoms with E-state index < -0.39 is 0 Å². The van der Waals surface area contributed by atoms with Gasteiger partial charge in [0.25, 0.3) is 0 Å². The van der Waals surface area contributed by atoms with Crippen LogP contribution in [0.15, 0.2) is 12.4 Å². The summed E-state index contributed by atoms with van der Waals surface area (Å²) in [6.07, 6.45) is 3.46. The van der Waals surface area contributed by atoms with Crippen LogP contribution in [0.1, 0.15) is 0 Å². The molecule has 2 heterocycles. The summed E-state index contributed by atoms with van der Waals surface area (Å²) in [5.41, 5.74) is 0. The van der Waals surface area contributed by atoms with Crippen LogP contribution in [0.4, 0.5) is 5.82 Å². The second-order valence-corrected chi connectivity index (χ2v) is 4.08. The molecule has 1 aromatic heterocycles. The molecule has 1 saturated heterocycles. The van der Waals surface area contributed by atoms with Gasteiger partial charge in [-0.25, -0.2) is 4.98 Å². The lowest BCUT2D eigenvalue weighted by Gasteiger charge is -2.33. The Morgan fingerprint density at radius 1 is 1.62 bits per heavy atom. The summed E-state index contributed by atoms with van der Waals surface area (Å²) in [7, 11) is 1.92. The van der Waals surface area contributed by atoms with E-state index in [2.05, 4.69) is 20.2 Å². The van der Waals surface area contributed by atoms with Crippen LogP contribution < -0.4 is 10.2 Å². The van der Waals surface area contributed by atoms with Gasteiger partial charge in [0.05, 0.1) is 25.1 Å². The van der Waals surface area contributed by atoms with Crippen molar-refractivity contribution in [3.8, 4) is 0 Å². The van der Waals surface area contributed by atoms with E-state index in [0.717, 1.165) is 25.5 Å². The highest BCUT2D eigenvalue weighted by molar-refractivity contribution is 6.29. The second-order valence-electron chi connectivity index (χ2n) is 3.70. The van der Waals surface area contributed by atoms with Gasteiger partial charge in [-0.05, 0) is 7.05 Å². The number of aromatic nitrogens is 2. The van der Waals surface area contributed by atoms with Crippen LogP contribution in [0, 0.1) is 0 Å². The average Bonchev–Trinajstić information content (AvgIpc) is 2.30. The molecular formula is C10H15ClN4O. The van der Waals surface area contributed by atoms with E-state index in [1.165, 1.54) is 6.20 Å². The minimum Gasteiger partial charge on any atom is -0.373 e. The summed E-state index contributed by atoms with van der Waals surface area (Å²) < 4.78 is 5.61. The number of nitrogens with zero attached hydrogens (tertiary/aromatic N) is 3. The zero-order chi connectivity index (χ0) is 11.4. The molecule has 1 aliphatic rings. The Morgan fingerprint density at radius 3 is 3.25 bits per heavy atom. The summed E-state index contributed by atoms with van der Waals surface area (Å²) in [6.45, 7) is 3.19. The SMILES string of the molecule is CNCC1CN(c2cncc(Cl)n2)CCO1. The van der Waals surface area contributed by atoms with E-state index in [1.54, 1.807) is 6.20 Å². The van der Waals surface area contributed by atoms with Crippen molar-refractivity contribution in [2.75, 3.05) is 38.2 Å². The summed E-state index contributed by atoms with van der Waals surface area (Å²) in [5.74, 6) is 0.817. The van der Waals surface area contributed by atoms with Crippen LogP contribution >= 0.6 is 11.6 Å². The van der Waals surface area contributed by atoms with Crippen LogP contribution in [0.5, 0.6) is 0 Å². The molecule has 0 aromatic carbocycles. The van der Waals surface area contributed by atoms with E-state index in [-0.39, 0.29) is 6.10 Å². The minimum absolute atomic E-state index is 0.194. The zero-order valence-electron chi connectivity index (χ0n) is 9.19. The highest BCUT2D eigenvalue weighted by Crippen LogP contribution is 2.15. The van der Waals surface area contributed by atoms with Crippen molar-refractivity contribution in [1.29, 1.82) is 0 Å². The first-order chi connectivity index (χ1) is 7.79. The molecular weight excluding hydrogens is 228 g/mol. The molecule has 0 bridgehead atoms. The first-order valence-electron chi connectivity index (χ1n) is 5.28. The lowest BCUT2D eigenvalue weighted by atomic mass is 10.2. The van der Waals surface area contributed by atoms with Gasteiger partial charge in [-0.3, -0.25) is 4.98 Å². The highest BCUT2D eigenvalue weighted by atomic mass is 35.5. The number of rotatable bonds is 3. The number of morpholine rings is 1. The van der Waals surface area contributed by atoms with E-state index >= 15 is 0 Å². The summed E-state index contributed by atoms with van der Waals surface area (Å²) >= 11 is 5.82. The first kappa shape index (κ1) is 11.6. The Bertz CT molecular complexity index is 347. The molecule has 1 aromatic rings. The normalized spacial score (nSPS) is 21.1.